The summed E-state index contributed by atoms with van der Waals surface area (Å²) < 4.78 is 1.83. The Morgan fingerprint density at radius 2 is 1.97 bits per heavy atom. The first-order valence-corrected chi connectivity index (χ1v) is 11.4. The number of carboxylic acid groups (broad SMARTS) is 1. The third-order valence-corrected chi connectivity index (χ3v) is 6.15. The van der Waals surface area contributed by atoms with Crippen molar-refractivity contribution >= 4 is 34.5 Å². The number of rotatable bonds is 6. The molecular weight excluding hydrogens is 446 g/mol. The number of fused-ring (bicyclic) bond motifs is 1. The topological polar surface area (TPSA) is 125 Å². The minimum Gasteiger partial charge on any atom is -0.465 e. The Morgan fingerprint density at radius 1 is 1.14 bits per heavy atom. The Hall–Kier alpha value is -4.47. The molecule has 3 N–H and O–H groups in total. The normalized spacial score (nSPS) is 16.3. The average Bonchev–Trinajstić information content (AvgIpc) is 3.52. The Bertz CT molecular complexity index is 1370. The van der Waals surface area contributed by atoms with E-state index in [1.165, 1.54) is 4.90 Å². The second-order valence-corrected chi connectivity index (χ2v) is 8.48. The third kappa shape index (κ3) is 4.63. The molecule has 2 amide bonds. The van der Waals surface area contributed by atoms with Crippen molar-refractivity contribution in [2.75, 3.05) is 17.2 Å². The number of likely N-dealkylation sites (tertiary alicyclic amines) is 1. The molecule has 4 aromatic rings. The van der Waals surface area contributed by atoms with Gasteiger partial charge >= 0.3 is 6.09 Å². The lowest BCUT2D eigenvalue weighted by Crippen LogP contribution is -2.42. The maximum atomic E-state index is 12.7. The first-order valence-electron chi connectivity index (χ1n) is 11.4. The molecule has 0 radical (unpaired) electrons. The van der Waals surface area contributed by atoms with E-state index >= 15 is 0 Å². The Balaban J connectivity index is 1.34. The number of hydrogen-bond acceptors (Lipinski definition) is 6. The van der Waals surface area contributed by atoms with E-state index in [0.29, 0.717) is 42.2 Å². The van der Waals surface area contributed by atoms with Crippen molar-refractivity contribution in [1.29, 1.82) is 0 Å². The molecule has 10 nitrogen and oxygen atoms in total. The van der Waals surface area contributed by atoms with Gasteiger partial charge in [-0.3, -0.25) is 19.2 Å². The second-order valence-electron chi connectivity index (χ2n) is 8.48. The van der Waals surface area contributed by atoms with Crippen LogP contribution in [0.1, 0.15) is 31.4 Å². The lowest BCUT2D eigenvalue weighted by atomic mass is 10.1. The zero-order chi connectivity index (χ0) is 24.4. The fourth-order valence-electron chi connectivity index (χ4n) is 4.35. The van der Waals surface area contributed by atoms with Crippen LogP contribution in [-0.4, -0.2) is 54.1 Å². The Labute approximate surface area is 201 Å². The molecule has 3 heterocycles. The number of nitrogens with zero attached hydrogens (tertiary/aromatic N) is 5. The Morgan fingerprint density at radius 3 is 2.77 bits per heavy atom. The monoisotopic (exact) mass is 471 g/mol. The van der Waals surface area contributed by atoms with Crippen molar-refractivity contribution in [1.82, 2.24) is 24.4 Å². The van der Waals surface area contributed by atoms with Gasteiger partial charge in [0.15, 0.2) is 5.82 Å². The molecule has 1 saturated heterocycles. The summed E-state index contributed by atoms with van der Waals surface area (Å²) in [6.07, 6.45) is 5.11. The van der Waals surface area contributed by atoms with Crippen LogP contribution in [0, 0.1) is 0 Å². The van der Waals surface area contributed by atoms with E-state index in [1.807, 2.05) is 28.8 Å². The fraction of sp³-hybridized carbons (Fsp3) is 0.240. The highest BCUT2D eigenvalue weighted by atomic mass is 16.4. The van der Waals surface area contributed by atoms with E-state index in [0.717, 1.165) is 11.1 Å². The van der Waals surface area contributed by atoms with Crippen LogP contribution in [0.3, 0.4) is 0 Å². The fourth-order valence-corrected chi connectivity index (χ4v) is 4.35. The van der Waals surface area contributed by atoms with Gasteiger partial charge in [0.2, 0.25) is 5.91 Å². The highest BCUT2D eigenvalue weighted by Gasteiger charge is 2.34. The van der Waals surface area contributed by atoms with Crippen molar-refractivity contribution in [3.8, 4) is 5.82 Å². The van der Waals surface area contributed by atoms with Crippen LogP contribution < -0.4 is 10.6 Å². The number of amides is 2. The molecule has 2 aromatic heterocycles. The number of anilines is 2. The van der Waals surface area contributed by atoms with Gasteiger partial charge in [0.1, 0.15) is 18.2 Å². The molecule has 1 aliphatic heterocycles. The highest BCUT2D eigenvalue weighted by Crippen LogP contribution is 2.24. The number of carbonyl (C=O) groups is 2. The maximum absolute atomic E-state index is 12.7. The van der Waals surface area contributed by atoms with Gasteiger partial charge in [-0.05, 0) is 43.5 Å². The zero-order valence-corrected chi connectivity index (χ0v) is 19.1. The summed E-state index contributed by atoms with van der Waals surface area (Å²) in [4.78, 5) is 38.7. The number of imidazole rings is 1. The van der Waals surface area contributed by atoms with E-state index in [9.17, 15) is 14.7 Å². The lowest BCUT2D eigenvalue weighted by molar-refractivity contribution is -0.119. The first kappa shape index (κ1) is 22.3. The zero-order valence-electron chi connectivity index (χ0n) is 19.1. The summed E-state index contributed by atoms with van der Waals surface area (Å²) in [6, 6.07) is 14.9. The van der Waals surface area contributed by atoms with Gasteiger partial charge in [0.05, 0.1) is 23.4 Å². The summed E-state index contributed by atoms with van der Waals surface area (Å²) in [5.41, 5.74) is 3.18. The summed E-state index contributed by atoms with van der Waals surface area (Å²) in [5, 5.41) is 15.5. The molecule has 0 bridgehead atoms. The van der Waals surface area contributed by atoms with Gasteiger partial charge in [0.25, 0.3) is 0 Å². The molecule has 0 spiro atoms. The van der Waals surface area contributed by atoms with E-state index in [1.54, 1.807) is 30.9 Å². The predicted octanol–water partition coefficient (Wildman–Crippen LogP) is 4.07. The van der Waals surface area contributed by atoms with E-state index in [2.05, 4.69) is 39.7 Å². The van der Waals surface area contributed by atoms with Crippen LogP contribution in [0.15, 0.2) is 67.3 Å². The summed E-state index contributed by atoms with van der Waals surface area (Å²) >= 11 is 0. The molecule has 2 aromatic carbocycles. The highest BCUT2D eigenvalue weighted by molar-refractivity contribution is 5.98. The van der Waals surface area contributed by atoms with Crippen LogP contribution in [0.2, 0.25) is 0 Å². The molecule has 2 atom stereocenters. The van der Waals surface area contributed by atoms with Gasteiger partial charge in [0, 0.05) is 18.3 Å². The molecule has 5 rings (SSSR count). The van der Waals surface area contributed by atoms with E-state index in [4.69, 9.17) is 4.98 Å². The molecule has 0 aliphatic carbocycles. The first-order chi connectivity index (χ1) is 17.0. The van der Waals surface area contributed by atoms with Crippen molar-refractivity contribution in [2.24, 2.45) is 0 Å². The summed E-state index contributed by atoms with van der Waals surface area (Å²) in [7, 11) is 0. The smallest absolute Gasteiger partial charge is 0.407 e. The van der Waals surface area contributed by atoms with Crippen LogP contribution in [0.25, 0.3) is 16.9 Å². The largest absolute Gasteiger partial charge is 0.465 e. The lowest BCUT2D eigenvalue weighted by Gasteiger charge is -2.20. The van der Waals surface area contributed by atoms with Crippen molar-refractivity contribution in [3.63, 3.8) is 0 Å². The van der Waals surface area contributed by atoms with Crippen LogP contribution in [0.5, 0.6) is 0 Å². The van der Waals surface area contributed by atoms with Gasteiger partial charge < -0.3 is 15.7 Å². The molecule has 1 aliphatic rings. The van der Waals surface area contributed by atoms with Crippen molar-refractivity contribution in [3.05, 3.63) is 72.8 Å². The molecule has 0 saturated carbocycles. The number of carbonyl (C=O) groups excluding carboxylic acids is 1. The average molecular weight is 472 g/mol. The minimum absolute atomic E-state index is 0.0587. The number of hydrogen-bond donors (Lipinski definition) is 3. The molecule has 178 valence electrons. The van der Waals surface area contributed by atoms with Crippen LogP contribution >= 0.6 is 0 Å². The van der Waals surface area contributed by atoms with E-state index in [-0.39, 0.29) is 11.9 Å². The molecular formula is C25H25N7O3. The standard InChI is InChI=1S/C25H25N7O3/c1-16(17-6-3-2-4-7-17)28-22-13-26-14-23(30-22)32-15-27-19-12-18(9-10-20(19)32)29-24(33)21-8-5-11-31(21)25(34)35/h2-4,6-7,9-10,12-16,21H,5,8,11H2,1H3,(H,28,30)(H,29,33)(H,34,35)/t16-,21-/m0/s1. The molecule has 10 heteroatoms. The third-order valence-electron chi connectivity index (χ3n) is 6.15. The molecule has 35 heavy (non-hydrogen) atoms. The maximum Gasteiger partial charge on any atom is 0.407 e. The number of aromatic nitrogens is 4. The predicted molar refractivity (Wildman–Crippen MR) is 132 cm³/mol. The summed E-state index contributed by atoms with van der Waals surface area (Å²) in [5.74, 6) is 0.919. The quantitative estimate of drug-likeness (QED) is 0.387. The van der Waals surface area contributed by atoms with Crippen LogP contribution in [-0.2, 0) is 4.79 Å². The number of benzene rings is 2. The van der Waals surface area contributed by atoms with Crippen LogP contribution in [0.4, 0.5) is 16.3 Å². The van der Waals surface area contributed by atoms with Gasteiger partial charge in [-0.15, -0.1) is 0 Å². The molecule has 1 fully saturated rings. The Kier molecular flexibility index (Phi) is 6.01. The van der Waals surface area contributed by atoms with Gasteiger partial charge in [-0.2, -0.15) is 0 Å². The minimum atomic E-state index is -1.08. The second kappa shape index (κ2) is 9.41. The van der Waals surface area contributed by atoms with Gasteiger partial charge in [-0.1, -0.05) is 30.3 Å². The van der Waals surface area contributed by atoms with E-state index < -0.39 is 12.1 Å². The van der Waals surface area contributed by atoms with Crippen molar-refractivity contribution in [2.45, 2.75) is 31.8 Å². The van der Waals surface area contributed by atoms with Crippen molar-refractivity contribution < 1.29 is 14.7 Å². The van der Waals surface area contributed by atoms with Gasteiger partial charge in [-0.25, -0.2) is 14.8 Å². The SMILES string of the molecule is C[C@H](Nc1cncc(-n2cnc3cc(NC(=O)[C@@H]4CCCN4C(=O)O)ccc32)n1)c1ccccc1. The summed E-state index contributed by atoms with van der Waals surface area (Å²) in [6.45, 7) is 2.43. The number of nitrogens with one attached hydrogen (secondary N) is 2. The molecule has 0 unspecified atom stereocenters.